The molecule has 0 unspecified atom stereocenters. The smallest absolute Gasteiger partial charge is 0.355 e. The molecule has 1 aromatic rings. The Morgan fingerprint density at radius 2 is 1.96 bits per heavy atom. The van der Waals surface area contributed by atoms with Crippen molar-refractivity contribution in [2.24, 2.45) is 0 Å². The molecular formula is C17H24N2O4. The van der Waals surface area contributed by atoms with E-state index in [1.807, 2.05) is 6.92 Å². The topological polar surface area (TPSA) is 79.5 Å². The fourth-order valence-corrected chi connectivity index (χ4v) is 3.23. The van der Waals surface area contributed by atoms with Crippen LogP contribution in [0.15, 0.2) is 0 Å². The molecule has 1 fully saturated rings. The maximum atomic E-state index is 12.2. The predicted octanol–water partition coefficient (Wildman–Crippen LogP) is 2.39. The molecule has 126 valence electrons. The molecule has 0 radical (unpaired) electrons. The zero-order valence-corrected chi connectivity index (χ0v) is 14.2. The number of ketones is 1. The van der Waals surface area contributed by atoms with Gasteiger partial charge >= 0.3 is 5.97 Å². The molecule has 6 heteroatoms. The lowest BCUT2D eigenvalue weighted by atomic mass is 10.0. The molecule has 0 aliphatic carbocycles. The monoisotopic (exact) mass is 320 g/mol. The minimum atomic E-state index is -0.601. The third kappa shape index (κ3) is 3.63. The van der Waals surface area contributed by atoms with Crippen LogP contribution in [0, 0.1) is 13.8 Å². The number of aryl methyl sites for hydroxylation is 1. The number of aromatic amines is 1. The van der Waals surface area contributed by atoms with E-state index < -0.39 is 5.97 Å². The lowest BCUT2D eigenvalue weighted by molar-refractivity contribution is -0.137. The number of rotatable bonds is 4. The number of nitrogens with one attached hydrogen (secondary N) is 1. The normalized spacial score (nSPS) is 17.9. The molecule has 2 rings (SSSR count). The zero-order valence-electron chi connectivity index (χ0n) is 14.2. The third-order valence-corrected chi connectivity index (χ3v) is 4.44. The van der Waals surface area contributed by atoms with Crippen LogP contribution in [0.2, 0.25) is 0 Å². The van der Waals surface area contributed by atoms with Crippen molar-refractivity contribution < 1.29 is 19.1 Å². The molecule has 6 nitrogen and oxygen atoms in total. The maximum Gasteiger partial charge on any atom is 0.355 e. The van der Waals surface area contributed by atoms with Crippen molar-refractivity contribution in [2.45, 2.75) is 53.0 Å². The minimum absolute atomic E-state index is 0.103. The summed E-state index contributed by atoms with van der Waals surface area (Å²) in [6.07, 6.45) is 3.09. The Kier molecular flexibility index (Phi) is 5.23. The number of H-pyrrole nitrogens is 1. The number of carbonyl (C=O) groups is 3. The van der Waals surface area contributed by atoms with Crippen LogP contribution in [0.3, 0.4) is 0 Å². The van der Waals surface area contributed by atoms with Gasteiger partial charge in [0.25, 0.3) is 5.91 Å². The largest absolute Gasteiger partial charge is 0.451 e. The van der Waals surface area contributed by atoms with E-state index in [0.29, 0.717) is 23.4 Å². The summed E-state index contributed by atoms with van der Waals surface area (Å²) in [5.74, 6) is -0.872. The average Bonchev–Trinajstić information content (AvgIpc) is 2.80. The van der Waals surface area contributed by atoms with E-state index in [2.05, 4.69) is 4.98 Å². The van der Waals surface area contributed by atoms with E-state index in [1.165, 1.54) is 6.92 Å². The van der Waals surface area contributed by atoms with E-state index in [0.717, 1.165) is 19.3 Å². The molecule has 0 saturated carbocycles. The van der Waals surface area contributed by atoms with Crippen LogP contribution in [-0.2, 0) is 9.53 Å². The molecule has 0 aromatic carbocycles. The van der Waals surface area contributed by atoms with Crippen molar-refractivity contribution in [1.82, 2.24) is 9.88 Å². The lowest BCUT2D eigenvalue weighted by Gasteiger charge is -2.33. The summed E-state index contributed by atoms with van der Waals surface area (Å²) in [6, 6.07) is 0.189. The predicted molar refractivity (Wildman–Crippen MR) is 85.6 cm³/mol. The third-order valence-electron chi connectivity index (χ3n) is 4.44. The van der Waals surface area contributed by atoms with Crippen LogP contribution in [0.1, 0.15) is 65.2 Å². The van der Waals surface area contributed by atoms with Crippen molar-refractivity contribution in [3.63, 3.8) is 0 Å². The number of Topliss-reactive ketones (excluding diaryl/α,β-unsaturated/α-hetero) is 1. The highest BCUT2D eigenvalue weighted by Gasteiger charge is 2.25. The maximum absolute atomic E-state index is 12.2. The Balaban J connectivity index is 2.01. The second-order valence-corrected chi connectivity index (χ2v) is 6.19. The first-order chi connectivity index (χ1) is 10.8. The zero-order chi connectivity index (χ0) is 17.1. The van der Waals surface area contributed by atoms with Crippen molar-refractivity contribution in [3.05, 3.63) is 22.5 Å². The van der Waals surface area contributed by atoms with Gasteiger partial charge in [-0.15, -0.1) is 0 Å². The van der Waals surface area contributed by atoms with Gasteiger partial charge in [-0.25, -0.2) is 4.79 Å². The number of hydrogen-bond acceptors (Lipinski definition) is 4. The van der Waals surface area contributed by atoms with Crippen molar-refractivity contribution >= 4 is 17.7 Å². The number of carbonyl (C=O) groups excluding carboxylic acids is 3. The van der Waals surface area contributed by atoms with Gasteiger partial charge in [0.05, 0.1) is 0 Å². The molecule has 2 heterocycles. The van der Waals surface area contributed by atoms with Crippen molar-refractivity contribution in [3.8, 4) is 0 Å². The summed E-state index contributed by atoms with van der Waals surface area (Å²) in [5, 5.41) is 0. The molecule has 0 spiro atoms. The Morgan fingerprint density at radius 3 is 2.52 bits per heavy atom. The number of piperidine rings is 1. The molecule has 23 heavy (non-hydrogen) atoms. The van der Waals surface area contributed by atoms with Crippen LogP contribution in [0.25, 0.3) is 0 Å². The number of amides is 1. The van der Waals surface area contributed by atoms with E-state index in [9.17, 15) is 14.4 Å². The Hall–Kier alpha value is -2.11. The van der Waals surface area contributed by atoms with Gasteiger partial charge in [-0.2, -0.15) is 0 Å². The molecule has 0 bridgehead atoms. The van der Waals surface area contributed by atoms with Gasteiger partial charge in [0.15, 0.2) is 12.4 Å². The summed E-state index contributed by atoms with van der Waals surface area (Å²) in [6.45, 7) is 7.35. The number of hydrogen-bond donors (Lipinski definition) is 1. The molecule has 1 aromatic heterocycles. The van der Waals surface area contributed by atoms with Crippen LogP contribution in [0.4, 0.5) is 0 Å². The molecule has 1 N–H and O–H groups in total. The standard InChI is InChI=1S/C17H24N2O4/c1-10-7-5-6-8-19(10)14(21)9-23-17(22)16-11(2)15(13(4)20)12(3)18-16/h10,18H,5-9H2,1-4H3/t10-/m0/s1. The Labute approximate surface area is 136 Å². The van der Waals surface area contributed by atoms with Crippen molar-refractivity contribution in [2.75, 3.05) is 13.2 Å². The van der Waals surface area contributed by atoms with E-state index in [-0.39, 0.29) is 30.0 Å². The van der Waals surface area contributed by atoms with Gasteiger partial charge in [0, 0.05) is 23.8 Å². The van der Waals surface area contributed by atoms with Crippen LogP contribution >= 0.6 is 0 Å². The van der Waals surface area contributed by atoms with Crippen LogP contribution in [-0.4, -0.2) is 46.7 Å². The fraction of sp³-hybridized carbons (Fsp3) is 0.588. The van der Waals surface area contributed by atoms with Gasteiger partial charge in [-0.05, 0) is 52.5 Å². The molecule has 1 atom stereocenters. The van der Waals surface area contributed by atoms with Gasteiger partial charge < -0.3 is 14.6 Å². The number of ether oxygens (including phenoxy) is 1. The molecule has 1 amide bonds. The highest BCUT2D eigenvalue weighted by atomic mass is 16.5. The first kappa shape index (κ1) is 17.2. The molecule has 1 aliphatic rings. The van der Waals surface area contributed by atoms with E-state index >= 15 is 0 Å². The van der Waals surface area contributed by atoms with Crippen LogP contribution in [0.5, 0.6) is 0 Å². The van der Waals surface area contributed by atoms with Crippen molar-refractivity contribution in [1.29, 1.82) is 0 Å². The van der Waals surface area contributed by atoms with Crippen LogP contribution < -0.4 is 0 Å². The quantitative estimate of drug-likeness (QED) is 0.682. The van der Waals surface area contributed by atoms with Gasteiger partial charge in [0.2, 0.25) is 0 Å². The molecule has 1 saturated heterocycles. The number of esters is 1. The summed E-state index contributed by atoms with van der Waals surface area (Å²) in [4.78, 5) is 40.6. The minimum Gasteiger partial charge on any atom is -0.451 e. The molecular weight excluding hydrogens is 296 g/mol. The lowest BCUT2D eigenvalue weighted by Crippen LogP contribution is -2.44. The van der Waals surface area contributed by atoms with Gasteiger partial charge in [-0.1, -0.05) is 0 Å². The Bertz CT molecular complexity index is 633. The Morgan fingerprint density at radius 1 is 1.26 bits per heavy atom. The van der Waals surface area contributed by atoms with E-state index in [1.54, 1.807) is 18.7 Å². The average molecular weight is 320 g/mol. The first-order valence-corrected chi connectivity index (χ1v) is 7.99. The summed E-state index contributed by atoms with van der Waals surface area (Å²) >= 11 is 0. The van der Waals surface area contributed by atoms with Gasteiger partial charge in [-0.3, -0.25) is 9.59 Å². The number of nitrogens with zero attached hydrogens (tertiary/aromatic N) is 1. The summed E-state index contributed by atoms with van der Waals surface area (Å²) in [7, 11) is 0. The SMILES string of the molecule is CC(=O)c1c(C)[nH]c(C(=O)OCC(=O)N2CCCC[C@@H]2C)c1C. The summed E-state index contributed by atoms with van der Waals surface area (Å²) in [5.41, 5.74) is 1.96. The summed E-state index contributed by atoms with van der Waals surface area (Å²) < 4.78 is 5.15. The molecule has 1 aliphatic heterocycles. The highest BCUT2D eigenvalue weighted by Crippen LogP contribution is 2.20. The number of likely N-dealkylation sites (tertiary alicyclic amines) is 1. The second-order valence-electron chi connectivity index (χ2n) is 6.19. The fourth-order valence-electron chi connectivity index (χ4n) is 3.23. The number of aromatic nitrogens is 1. The highest BCUT2D eigenvalue weighted by molar-refractivity contribution is 6.01. The second kappa shape index (κ2) is 6.98. The van der Waals surface area contributed by atoms with E-state index in [4.69, 9.17) is 4.74 Å². The van der Waals surface area contributed by atoms with Gasteiger partial charge in [0.1, 0.15) is 5.69 Å². The first-order valence-electron chi connectivity index (χ1n) is 7.99.